The smallest absolute Gasteiger partial charge is 0.137 e. The van der Waals surface area contributed by atoms with Crippen molar-refractivity contribution in [1.29, 1.82) is 0 Å². The van der Waals surface area contributed by atoms with E-state index in [1.54, 1.807) is 0 Å². The van der Waals surface area contributed by atoms with E-state index < -0.39 is 0 Å². The lowest BCUT2D eigenvalue weighted by molar-refractivity contribution is 0.669. The van der Waals surface area contributed by atoms with Crippen LogP contribution >= 0.6 is 11.3 Å². The first-order chi connectivity index (χ1) is 24.8. The van der Waals surface area contributed by atoms with Gasteiger partial charge in [0.05, 0.1) is 11.0 Å². The Labute approximate surface area is 291 Å². The molecule has 0 N–H and O–H groups in total. The van der Waals surface area contributed by atoms with Gasteiger partial charge in [-0.25, -0.2) is 0 Å². The molecule has 0 aliphatic carbocycles. The van der Waals surface area contributed by atoms with Crippen LogP contribution in [0.25, 0.3) is 80.4 Å². The van der Waals surface area contributed by atoms with Gasteiger partial charge in [0.25, 0.3) is 0 Å². The number of benzene rings is 8. The number of nitrogens with zero attached hydrogens (tertiary/aromatic N) is 2. The SMILES string of the molecule is c1ccc(-n2c3ccccc3c3ccc4cc(N(c5ccc6c(c5)oc5ccccc56)c5ccc6c(c5)sc5ccccc56)ccc4c32)cc1. The zero-order chi connectivity index (χ0) is 32.8. The number of para-hydroxylation sites is 3. The number of hydrogen-bond acceptors (Lipinski definition) is 3. The maximum atomic E-state index is 6.40. The third-order valence-corrected chi connectivity index (χ3v) is 11.3. The standard InChI is InChI=1S/C46H28N2OS/c1-2-10-30(11-3-1)48-41-15-7-4-12-35(41)40-22-18-29-26-31(19-23-34(29)46(40)48)47(32-20-24-37-36-13-5-8-16-42(36)49-43(37)27-32)33-21-25-39-38-14-6-9-17-44(38)50-45(39)28-33/h1-28H. The van der Waals surface area contributed by atoms with Crippen molar-refractivity contribution in [3.05, 3.63) is 170 Å². The number of aromatic nitrogens is 1. The second kappa shape index (κ2) is 10.6. The predicted molar refractivity (Wildman–Crippen MR) is 213 cm³/mol. The van der Waals surface area contributed by atoms with Crippen LogP contribution in [0.3, 0.4) is 0 Å². The Kier molecular flexibility index (Phi) is 5.83. The first-order valence-electron chi connectivity index (χ1n) is 16.9. The van der Waals surface area contributed by atoms with Gasteiger partial charge in [0.15, 0.2) is 0 Å². The summed E-state index contributed by atoms with van der Waals surface area (Å²) in [4.78, 5) is 2.37. The summed E-state index contributed by atoms with van der Waals surface area (Å²) in [5.41, 5.74) is 8.64. The molecule has 0 unspecified atom stereocenters. The van der Waals surface area contributed by atoms with Crippen LogP contribution in [0.4, 0.5) is 17.1 Å². The van der Waals surface area contributed by atoms with Gasteiger partial charge in [-0.05, 0) is 72.1 Å². The van der Waals surface area contributed by atoms with Gasteiger partial charge < -0.3 is 13.9 Å². The number of anilines is 3. The van der Waals surface area contributed by atoms with E-state index in [1.807, 2.05) is 23.5 Å². The van der Waals surface area contributed by atoms with Crippen LogP contribution in [0.15, 0.2) is 174 Å². The zero-order valence-electron chi connectivity index (χ0n) is 26.9. The van der Waals surface area contributed by atoms with Crippen molar-refractivity contribution < 1.29 is 4.42 Å². The normalized spacial score (nSPS) is 12.0. The van der Waals surface area contributed by atoms with Crippen LogP contribution in [-0.4, -0.2) is 4.57 Å². The van der Waals surface area contributed by atoms with Crippen molar-refractivity contribution in [3.8, 4) is 5.69 Å². The largest absolute Gasteiger partial charge is 0.456 e. The molecule has 0 aliphatic rings. The van der Waals surface area contributed by atoms with Crippen LogP contribution in [0.1, 0.15) is 0 Å². The van der Waals surface area contributed by atoms with Gasteiger partial charge in [0.2, 0.25) is 0 Å². The molecule has 8 aromatic carbocycles. The fourth-order valence-electron chi connectivity index (χ4n) is 7.91. The summed E-state index contributed by atoms with van der Waals surface area (Å²) in [6.45, 7) is 0. The van der Waals surface area contributed by atoms with Crippen molar-refractivity contribution in [1.82, 2.24) is 4.57 Å². The molecule has 3 nitrogen and oxygen atoms in total. The molecule has 0 spiro atoms. The van der Waals surface area contributed by atoms with Crippen molar-refractivity contribution in [2.75, 3.05) is 4.90 Å². The zero-order valence-corrected chi connectivity index (χ0v) is 27.7. The van der Waals surface area contributed by atoms with Gasteiger partial charge in [-0.15, -0.1) is 11.3 Å². The van der Waals surface area contributed by atoms with Gasteiger partial charge in [0.1, 0.15) is 11.2 Å². The Morgan fingerprint density at radius 3 is 1.92 bits per heavy atom. The quantitative estimate of drug-likeness (QED) is 0.188. The highest BCUT2D eigenvalue weighted by Gasteiger charge is 2.19. The summed E-state index contributed by atoms with van der Waals surface area (Å²) < 4.78 is 11.4. The number of furan rings is 1. The molecule has 0 saturated heterocycles. The molecule has 0 amide bonds. The molecule has 0 radical (unpaired) electrons. The van der Waals surface area contributed by atoms with Gasteiger partial charge in [-0.2, -0.15) is 0 Å². The van der Waals surface area contributed by atoms with E-state index in [0.717, 1.165) is 44.7 Å². The van der Waals surface area contributed by atoms with E-state index in [1.165, 1.54) is 52.8 Å². The molecular formula is C46H28N2OS. The van der Waals surface area contributed by atoms with Crippen molar-refractivity contribution in [2.45, 2.75) is 0 Å². The lowest BCUT2D eigenvalue weighted by atomic mass is 10.0. The first kappa shape index (κ1) is 27.6. The molecule has 234 valence electrons. The summed E-state index contributed by atoms with van der Waals surface area (Å²) in [5.74, 6) is 0. The Balaban J connectivity index is 1.16. The number of rotatable bonds is 4. The van der Waals surface area contributed by atoms with E-state index in [4.69, 9.17) is 4.42 Å². The van der Waals surface area contributed by atoms with E-state index in [9.17, 15) is 0 Å². The predicted octanol–water partition coefficient (Wildman–Crippen LogP) is 13.7. The van der Waals surface area contributed by atoms with Crippen LogP contribution in [-0.2, 0) is 0 Å². The van der Waals surface area contributed by atoms with Crippen LogP contribution in [0.2, 0.25) is 0 Å². The molecule has 3 heterocycles. The first-order valence-corrected chi connectivity index (χ1v) is 17.7. The molecule has 0 fully saturated rings. The fraction of sp³-hybridized carbons (Fsp3) is 0. The van der Waals surface area contributed by atoms with Gasteiger partial charge in [-0.3, -0.25) is 0 Å². The molecule has 0 aliphatic heterocycles. The average molecular weight is 657 g/mol. The minimum atomic E-state index is 0.881. The third-order valence-electron chi connectivity index (χ3n) is 10.1. The van der Waals surface area contributed by atoms with Crippen LogP contribution < -0.4 is 4.90 Å². The highest BCUT2D eigenvalue weighted by molar-refractivity contribution is 7.25. The molecular weight excluding hydrogens is 629 g/mol. The van der Waals surface area contributed by atoms with Crippen molar-refractivity contribution >= 4 is 103 Å². The van der Waals surface area contributed by atoms with Crippen molar-refractivity contribution in [3.63, 3.8) is 0 Å². The average Bonchev–Trinajstić information content (AvgIpc) is 3.84. The Bertz CT molecular complexity index is 3000. The Morgan fingerprint density at radius 2 is 1.04 bits per heavy atom. The molecule has 50 heavy (non-hydrogen) atoms. The molecule has 4 heteroatoms. The maximum absolute atomic E-state index is 6.40. The Morgan fingerprint density at radius 1 is 0.420 bits per heavy atom. The molecule has 11 aromatic rings. The molecule has 0 atom stereocenters. The van der Waals surface area contributed by atoms with Crippen molar-refractivity contribution in [2.24, 2.45) is 0 Å². The molecule has 11 rings (SSSR count). The second-order valence-electron chi connectivity index (χ2n) is 12.9. The second-order valence-corrected chi connectivity index (χ2v) is 14.0. The minimum absolute atomic E-state index is 0.881. The van der Waals surface area contributed by atoms with Crippen LogP contribution in [0.5, 0.6) is 0 Å². The summed E-state index contributed by atoms with van der Waals surface area (Å²) in [6.07, 6.45) is 0. The third kappa shape index (κ3) is 4.03. The topological polar surface area (TPSA) is 21.3 Å². The van der Waals surface area contributed by atoms with E-state index >= 15 is 0 Å². The summed E-state index contributed by atoms with van der Waals surface area (Å²) >= 11 is 1.85. The highest BCUT2D eigenvalue weighted by Crippen LogP contribution is 2.44. The summed E-state index contributed by atoms with van der Waals surface area (Å²) in [6, 6.07) is 61.3. The van der Waals surface area contributed by atoms with Gasteiger partial charge in [-0.1, -0.05) is 97.1 Å². The minimum Gasteiger partial charge on any atom is -0.456 e. The highest BCUT2D eigenvalue weighted by atomic mass is 32.1. The molecule has 3 aromatic heterocycles. The fourth-order valence-corrected chi connectivity index (χ4v) is 9.05. The monoisotopic (exact) mass is 656 g/mol. The van der Waals surface area contributed by atoms with E-state index in [0.29, 0.717) is 0 Å². The lowest BCUT2D eigenvalue weighted by Gasteiger charge is -2.26. The lowest BCUT2D eigenvalue weighted by Crippen LogP contribution is -2.09. The van der Waals surface area contributed by atoms with Gasteiger partial charge >= 0.3 is 0 Å². The molecule has 0 bridgehead atoms. The Hall–Kier alpha value is -6.36. The maximum Gasteiger partial charge on any atom is 0.137 e. The van der Waals surface area contributed by atoms with E-state index in [-0.39, 0.29) is 0 Å². The summed E-state index contributed by atoms with van der Waals surface area (Å²) in [5, 5.41) is 9.78. The summed E-state index contributed by atoms with van der Waals surface area (Å²) in [7, 11) is 0. The molecule has 0 saturated carbocycles. The number of fused-ring (bicyclic) bond motifs is 11. The van der Waals surface area contributed by atoms with Gasteiger partial charge in [0, 0.05) is 75.9 Å². The number of hydrogen-bond donors (Lipinski definition) is 0. The number of thiophene rings is 1. The van der Waals surface area contributed by atoms with E-state index in [2.05, 4.69) is 167 Å². The van der Waals surface area contributed by atoms with Crippen LogP contribution in [0, 0.1) is 0 Å².